The first kappa shape index (κ1) is 15.7. The van der Waals surface area contributed by atoms with Gasteiger partial charge in [0.15, 0.2) is 0 Å². The molecule has 2 atom stereocenters. The molecule has 1 fully saturated rings. The normalized spacial score (nSPS) is 20.2. The third kappa shape index (κ3) is 2.97. The highest BCUT2D eigenvalue weighted by atomic mass is 19.1. The number of benzene rings is 2. The molecule has 0 spiro atoms. The van der Waals surface area contributed by atoms with E-state index in [2.05, 4.69) is 9.97 Å². The molecule has 5 heteroatoms. The van der Waals surface area contributed by atoms with Gasteiger partial charge in [-0.2, -0.15) is 0 Å². The Labute approximate surface area is 145 Å². The Morgan fingerprint density at radius 2 is 1.84 bits per heavy atom. The van der Waals surface area contributed by atoms with E-state index in [-0.39, 0.29) is 23.7 Å². The van der Waals surface area contributed by atoms with Crippen molar-refractivity contribution in [3.05, 3.63) is 71.8 Å². The van der Waals surface area contributed by atoms with Crippen LogP contribution in [0.5, 0.6) is 0 Å². The van der Waals surface area contributed by atoms with E-state index in [1.165, 1.54) is 12.1 Å². The number of likely N-dealkylation sites (tertiary alicyclic amines) is 1. The summed E-state index contributed by atoms with van der Waals surface area (Å²) in [4.78, 5) is 23.5. The van der Waals surface area contributed by atoms with Gasteiger partial charge in [-0.3, -0.25) is 9.78 Å². The smallest absolute Gasteiger partial charge is 0.274 e. The Morgan fingerprint density at radius 3 is 2.60 bits per heavy atom. The molecule has 1 amide bonds. The minimum absolute atomic E-state index is 0.102. The fourth-order valence-corrected chi connectivity index (χ4v) is 3.50. The zero-order valence-corrected chi connectivity index (χ0v) is 13.9. The molecule has 0 aliphatic carbocycles. The Bertz CT molecular complexity index is 926. The molecule has 2 heterocycles. The molecule has 1 aliphatic heterocycles. The van der Waals surface area contributed by atoms with Crippen molar-refractivity contribution in [2.75, 3.05) is 6.54 Å². The van der Waals surface area contributed by atoms with Crippen molar-refractivity contribution < 1.29 is 9.18 Å². The number of amides is 1. The SMILES string of the molecule is C[C@H]1C[C@@H](c2ccc(F)cc2)CN1C(=O)c1cnc2ccccc2n1. The van der Waals surface area contributed by atoms with Gasteiger partial charge in [0, 0.05) is 18.5 Å². The van der Waals surface area contributed by atoms with E-state index in [1.807, 2.05) is 36.1 Å². The summed E-state index contributed by atoms with van der Waals surface area (Å²) in [6.07, 6.45) is 2.40. The van der Waals surface area contributed by atoms with Crippen molar-refractivity contribution in [3.8, 4) is 0 Å². The fourth-order valence-electron chi connectivity index (χ4n) is 3.50. The minimum Gasteiger partial charge on any atom is -0.334 e. The molecule has 0 N–H and O–H groups in total. The van der Waals surface area contributed by atoms with Gasteiger partial charge in [-0.05, 0) is 43.2 Å². The molecule has 0 saturated carbocycles. The van der Waals surface area contributed by atoms with E-state index in [1.54, 1.807) is 18.3 Å². The minimum atomic E-state index is -0.242. The molecule has 0 bridgehead atoms. The Kier molecular flexibility index (Phi) is 3.92. The van der Waals surface area contributed by atoms with Gasteiger partial charge in [-0.1, -0.05) is 24.3 Å². The monoisotopic (exact) mass is 335 g/mol. The molecule has 126 valence electrons. The molecule has 4 rings (SSSR count). The summed E-state index contributed by atoms with van der Waals surface area (Å²) < 4.78 is 13.1. The number of carbonyl (C=O) groups excluding carboxylic acids is 1. The predicted octanol–water partition coefficient (Wildman–Crippen LogP) is 3.79. The van der Waals surface area contributed by atoms with Crippen LogP contribution < -0.4 is 0 Å². The van der Waals surface area contributed by atoms with E-state index < -0.39 is 0 Å². The molecule has 25 heavy (non-hydrogen) atoms. The first-order valence-electron chi connectivity index (χ1n) is 8.40. The number of rotatable bonds is 2. The summed E-state index contributed by atoms with van der Waals surface area (Å²) in [7, 11) is 0. The summed E-state index contributed by atoms with van der Waals surface area (Å²) >= 11 is 0. The third-order valence-electron chi connectivity index (χ3n) is 4.84. The van der Waals surface area contributed by atoms with Crippen LogP contribution in [0, 0.1) is 5.82 Å². The number of aromatic nitrogens is 2. The van der Waals surface area contributed by atoms with E-state index >= 15 is 0 Å². The second-order valence-electron chi connectivity index (χ2n) is 6.53. The first-order chi connectivity index (χ1) is 12.1. The average molecular weight is 335 g/mol. The van der Waals surface area contributed by atoms with Crippen molar-refractivity contribution in [1.82, 2.24) is 14.9 Å². The lowest BCUT2D eigenvalue weighted by atomic mass is 9.97. The average Bonchev–Trinajstić information content (AvgIpc) is 3.03. The zero-order valence-electron chi connectivity index (χ0n) is 13.9. The summed E-state index contributed by atoms with van der Waals surface area (Å²) in [6.45, 7) is 2.65. The van der Waals surface area contributed by atoms with Crippen LogP contribution in [0.25, 0.3) is 11.0 Å². The standard InChI is InChI=1S/C20H18FN3O/c1-13-10-15(14-6-8-16(21)9-7-14)12-24(13)20(25)19-11-22-17-4-2-3-5-18(17)23-19/h2-9,11,13,15H,10,12H2,1H3/t13-,15+/m0/s1. The first-order valence-corrected chi connectivity index (χ1v) is 8.40. The molecule has 1 aromatic heterocycles. The summed E-state index contributed by atoms with van der Waals surface area (Å²) in [5, 5.41) is 0. The van der Waals surface area contributed by atoms with Crippen molar-refractivity contribution in [3.63, 3.8) is 0 Å². The highest BCUT2D eigenvalue weighted by molar-refractivity contribution is 5.94. The lowest BCUT2D eigenvalue weighted by molar-refractivity contribution is 0.0740. The van der Waals surface area contributed by atoms with Crippen LogP contribution in [-0.2, 0) is 0 Å². The topological polar surface area (TPSA) is 46.1 Å². The van der Waals surface area contributed by atoms with Crippen LogP contribution in [0.4, 0.5) is 4.39 Å². The van der Waals surface area contributed by atoms with Crippen molar-refractivity contribution >= 4 is 16.9 Å². The van der Waals surface area contributed by atoms with Crippen LogP contribution in [0.2, 0.25) is 0 Å². The third-order valence-corrected chi connectivity index (χ3v) is 4.84. The molecule has 4 nitrogen and oxygen atoms in total. The number of para-hydroxylation sites is 2. The number of carbonyl (C=O) groups is 1. The van der Waals surface area contributed by atoms with Gasteiger partial charge in [0.05, 0.1) is 17.2 Å². The Morgan fingerprint density at radius 1 is 1.12 bits per heavy atom. The lowest BCUT2D eigenvalue weighted by Gasteiger charge is -2.21. The maximum atomic E-state index is 13.1. The van der Waals surface area contributed by atoms with Crippen molar-refractivity contribution in [1.29, 1.82) is 0 Å². The molecule has 1 saturated heterocycles. The molecular weight excluding hydrogens is 317 g/mol. The summed E-state index contributed by atoms with van der Waals surface area (Å²) in [5.74, 6) is -0.127. The number of hydrogen-bond donors (Lipinski definition) is 0. The summed E-state index contributed by atoms with van der Waals surface area (Å²) in [6, 6.07) is 14.2. The van der Waals surface area contributed by atoms with Crippen molar-refractivity contribution in [2.45, 2.75) is 25.3 Å². The van der Waals surface area contributed by atoms with Gasteiger partial charge in [-0.15, -0.1) is 0 Å². The number of nitrogens with zero attached hydrogens (tertiary/aromatic N) is 3. The highest BCUT2D eigenvalue weighted by Gasteiger charge is 2.34. The van der Waals surface area contributed by atoms with Crippen LogP contribution in [0.15, 0.2) is 54.7 Å². The second-order valence-corrected chi connectivity index (χ2v) is 6.53. The molecule has 0 radical (unpaired) electrons. The largest absolute Gasteiger partial charge is 0.334 e. The van der Waals surface area contributed by atoms with Crippen LogP contribution in [-0.4, -0.2) is 33.4 Å². The molecular formula is C20H18FN3O. The van der Waals surface area contributed by atoms with Gasteiger partial charge in [0.2, 0.25) is 0 Å². The maximum absolute atomic E-state index is 13.1. The van der Waals surface area contributed by atoms with Crippen LogP contribution >= 0.6 is 0 Å². The number of halogens is 1. The van der Waals surface area contributed by atoms with Gasteiger partial charge < -0.3 is 4.90 Å². The Hall–Kier alpha value is -2.82. The van der Waals surface area contributed by atoms with Gasteiger partial charge in [-0.25, -0.2) is 9.37 Å². The van der Waals surface area contributed by atoms with Gasteiger partial charge in [0.1, 0.15) is 11.5 Å². The van der Waals surface area contributed by atoms with Crippen LogP contribution in [0.3, 0.4) is 0 Å². The molecule has 1 aliphatic rings. The lowest BCUT2D eigenvalue weighted by Crippen LogP contribution is -2.34. The number of hydrogen-bond acceptors (Lipinski definition) is 3. The quantitative estimate of drug-likeness (QED) is 0.716. The predicted molar refractivity (Wildman–Crippen MR) is 93.8 cm³/mol. The van der Waals surface area contributed by atoms with Gasteiger partial charge in [0.25, 0.3) is 5.91 Å². The van der Waals surface area contributed by atoms with E-state index in [0.29, 0.717) is 12.2 Å². The molecule has 0 unspecified atom stereocenters. The molecule has 2 aromatic carbocycles. The highest BCUT2D eigenvalue weighted by Crippen LogP contribution is 2.32. The van der Waals surface area contributed by atoms with E-state index in [4.69, 9.17) is 0 Å². The van der Waals surface area contributed by atoms with E-state index in [9.17, 15) is 9.18 Å². The van der Waals surface area contributed by atoms with Gasteiger partial charge >= 0.3 is 0 Å². The fraction of sp³-hybridized carbons (Fsp3) is 0.250. The summed E-state index contributed by atoms with van der Waals surface area (Å²) in [5.41, 5.74) is 2.92. The zero-order chi connectivity index (χ0) is 17.4. The van der Waals surface area contributed by atoms with Crippen molar-refractivity contribution in [2.24, 2.45) is 0 Å². The van der Waals surface area contributed by atoms with E-state index in [0.717, 1.165) is 23.0 Å². The molecule has 3 aromatic rings. The second kappa shape index (κ2) is 6.24. The number of fused-ring (bicyclic) bond motifs is 1. The Balaban J connectivity index is 1.57. The van der Waals surface area contributed by atoms with Crippen LogP contribution in [0.1, 0.15) is 35.3 Å². The maximum Gasteiger partial charge on any atom is 0.274 e.